The number of aromatic nitrogens is 1. The molecule has 0 aliphatic rings. The van der Waals surface area contributed by atoms with E-state index in [4.69, 9.17) is 23.2 Å². The topological polar surface area (TPSA) is 62.2 Å². The summed E-state index contributed by atoms with van der Waals surface area (Å²) in [7, 11) is 0. The number of rotatable bonds is 2. The van der Waals surface area contributed by atoms with Gasteiger partial charge in [-0.05, 0) is 30.7 Å². The molecule has 1 aromatic heterocycles. The third kappa shape index (κ3) is 2.97. The van der Waals surface area contributed by atoms with Crippen LogP contribution in [-0.2, 0) is 0 Å². The van der Waals surface area contributed by atoms with Gasteiger partial charge in [0.1, 0.15) is 17.1 Å². The molecule has 0 fully saturated rings. The van der Waals surface area contributed by atoms with E-state index in [0.717, 1.165) is 5.56 Å². The summed E-state index contributed by atoms with van der Waals surface area (Å²) < 4.78 is 0. The van der Waals surface area contributed by atoms with Crippen molar-refractivity contribution in [1.82, 2.24) is 4.98 Å². The molecule has 4 nitrogen and oxygen atoms in total. The second-order valence-corrected chi connectivity index (χ2v) is 4.75. The van der Waals surface area contributed by atoms with Gasteiger partial charge in [-0.2, -0.15) is 0 Å². The molecule has 0 saturated carbocycles. The van der Waals surface area contributed by atoms with Crippen LogP contribution in [-0.4, -0.2) is 16.0 Å². The summed E-state index contributed by atoms with van der Waals surface area (Å²) in [5, 5.41) is 12.6. The number of nitrogens with zero attached hydrogens (tertiary/aromatic N) is 1. The Labute approximate surface area is 120 Å². The third-order valence-corrected chi connectivity index (χ3v) is 3.03. The number of benzene rings is 1. The Hall–Kier alpha value is -1.78. The van der Waals surface area contributed by atoms with Crippen LogP contribution in [0.1, 0.15) is 16.1 Å². The monoisotopic (exact) mass is 296 g/mol. The normalized spacial score (nSPS) is 10.3. The summed E-state index contributed by atoms with van der Waals surface area (Å²) in [6.07, 6.45) is 1.53. The molecule has 0 radical (unpaired) electrons. The van der Waals surface area contributed by atoms with E-state index in [-0.39, 0.29) is 27.2 Å². The van der Waals surface area contributed by atoms with Crippen LogP contribution >= 0.6 is 23.2 Å². The van der Waals surface area contributed by atoms with E-state index < -0.39 is 5.91 Å². The zero-order chi connectivity index (χ0) is 14.0. The molecule has 0 bridgehead atoms. The molecule has 0 aliphatic heterocycles. The number of carbonyl (C=O) groups is 1. The van der Waals surface area contributed by atoms with Gasteiger partial charge in [0.25, 0.3) is 5.91 Å². The maximum absolute atomic E-state index is 12.0. The number of hydrogen-bond acceptors (Lipinski definition) is 3. The fourth-order valence-corrected chi connectivity index (χ4v) is 2.03. The van der Waals surface area contributed by atoms with Crippen molar-refractivity contribution in [3.05, 3.63) is 51.8 Å². The lowest BCUT2D eigenvalue weighted by Gasteiger charge is -2.09. The van der Waals surface area contributed by atoms with E-state index in [1.54, 1.807) is 18.2 Å². The first-order chi connectivity index (χ1) is 8.99. The van der Waals surface area contributed by atoms with Gasteiger partial charge in [0.2, 0.25) is 0 Å². The highest BCUT2D eigenvalue weighted by Gasteiger charge is 2.15. The number of anilines is 1. The maximum atomic E-state index is 12.0. The molecule has 2 rings (SSSR count). The molecular formula is C13H10Cl2N2O2. The molecule has 0 unspecified atom stereocenters. The number of halogens is 2. The lowest BCUT2D eigenvalue weighted by molar-refractivity contribution is 0.102. The lowest BCUT2D eigenvalue weighted by atomic mass is 10.2. The summed E-state index contributed by atoms with van der Waals surface area (Å²) in [6.45, 7) is 1.82. The van der Waals surface area contributed by atoms with Crippen molar-refractivity contribution in [2.45, 2.75) is 6.92 Å². The van der Waals surface area contributed by atoms with Gasteiger partial charge < -0.3 is 10.4 Å². The molecule has 0 saturated heterocycles. The minimum Gasteiger partial charge on any atom is -0.506 e. The van der Waals surface area contributed by atoms with Gasteiger partial charge in [0.15, 0.2) is 0 Å². The fraction of sp³-hybridized carbons (Fsp3) is 0.0769. The first-order valence-electron chi connectivity index (χ1n) is 5.40. The number of phenolic OH excluding ortho intramolecular Hbond substituents is 1. The standard InChI is InChI=1S/C13H10Cl2N2O2/c1-7-5-9(15)12(16-6-7)13(19)17-11-8(14)3-2-4-10(11)18/h2-6,18H,1H3,(H,17,19). The molecule has 2 N–H and O–H groups in total. The van der Waals surface area contributed by atoms with Gasteiger partial charge >= 0.3 is 0 Å². The van der Waals surface area contributed by atoms with E-state index in [1.807, 2.05) is 6.92 Å². The highest BCUT2D eigenvalue weighted by molar-refractivity contribution is 6.36. The molecule has 1 amide bonds. The SMILES string of the molecule is Cc1cnc(C(=O)Nc2c(O)cccc2Cl)c(Cl)c1. The maximum Gasteiger partial charge on any atom is 0.275 e. The first-order valence-corrected chi connectivity index (χ1v) is 6.15. The number of para-hydroxylation sites is 1. The number of aryl methyl sites for hydroxylation is 1. The van der Waals surface area contributed by atoms with Crippen LogP contribution in [0.5, 0.6) is 5.75 Å². The second-order valence-electron chi connectivity index (χ2n) is 3.93. The molecule has 19 heavy (non-hydrogen) atoms. The van der Waals surface area contributed by atoms with Gasteiger partial charge in [-0.15, -0.1) is 0 Å². The highest BCUT2D eigenvalue weighted by atomic mass is 35.5. The summed E-state index contributed by atoms with van der Waals surface area (Å²) in [5.74, 6) is -0.655. The number of amides is 1. The Morgan fingerprint density at radius 1 is 1.32 bits per heavy atom. The van der Waals surface area contributed by atoms with Crippen LogP contribution in [0.15, 0.2) is 30.5 Å². The van der Waals surface area contributed by atoms with Gasteiger partial charge in [0.05, 0.1) is 10.0 Å². The van der Waals surface area contributed by atoms with Crippen molar-refractivity contribution in [2.24, 2.45) is 0 Å². The Morgan fingerprint density at radius 3 is 2.68 bits per heavy atom. The molecule has 98 valence electrons. The van der Waals surface area contributed by atoms with Gasteiger partial charge in [-0.25, -0.2) is 4.98 Å². The molecule has 0 spiro atoms. The second kappa shape index (κ2) is 5.47. The average Bonchev–Trinajstić information content (AvgIpc) is 2.33. The van der Waals surface area contributed by atoms with Crippen LogP contribution in [0.25, 0.3) is 0 Å². The molecular weight excluding hydrogens is 287 g/mol. The number of nitrogens with one attached hydrogen (secondary N) is 1. The predicted molar refractivity (Wildman–Crippen MR) is 75.1 cm³/mol. The van der Waals surface area contributed by atoms with Crippen LogP contribution in [0.2, 0.25) is 10.0 Å². The smallest absolute Gasteiger partial charge is 0.275 e. The number of carbonyl (C=O) groups excluding carboxylic acids is 1. The largest absolute Gasteiger partial charge is 0.506 e. The Morgan fingerprint density at radius 2 is 2.05 bits per heavy atom. The van der Waals surface area contributed by atoms with Crippen molar-refractivity contribution in [1.29, 1.82) is 0 Å². The fourth-order valence-electron chi connectivity index (χ4n) is 1.51. The van der Waals surface area contributed by atoms with Crippen LogP contribution in [0.4, 0.5) is 5.69 Å². The van der Waals surface area contributed by atoms with Crippen LogP contribution < -0.4 is 5.32 Å². The van der Waals surface area contributed by atoms with Crippen molar-refractivity contribution in [2.75, 3.05) is 5.32 Å². The minimum atomic E-state index is -0.534. The molecule has 0 atom stereocenters. The van der Waals surface area contributed by atoms with Gasteiger partial charge in [0, 0.05) is 6.20 Å². The van der Waals surface area contributed by atoms with E-state index in [9.17, 15) is 9.90 Å². The Kier molecular flexibility index (Phi) is 3.93. The lowest BCUT2D eigenvalue weighted by Crippen LogP contribution is -2.14. The summed E-state index contributed by atoms with van der Waals surface area (Å²) in [6, 6.07) is 6.19. The minimum absolute atomic E-state index is 0.0755. The van der Waals surface area contributed by atoms with E-state index in [2.05, 4.69) is 10.3 Å². The van der Waals surface area contributed by atoms with Crippen LogP contribution in [0, 0.1) is 6.92 Å². The van der Waals surface area contributed by atoms with Crippen molar-refractivity contribution in [3.63, 3.8) is 0 Å². The Balaban J connectivity index is 2.31. The average molecular weight is 297 g/mol. The van der Waals surface area contributed by atoms with Crippen molar-refractivity contribution >= 4 is 34.8 Å². The quantitative estimate of drug-likeness (QED) is 0.832. The van der Waals surface area contributed by atoms with E-state index >= 15 is 0 Å². The molecule has 1 aromatic carbocycles. The molecule has 1 heterocycles. The number of aromatic hydroxyl groups is 1. The predicted octanol–water partition coefficient (Wildman–Crippen LogP) is 3.65. The third-order valence-electron chi connectivity index (χ3n) is 2.42. The van der Waals surface area contributed by atoms with Gasteiger partial charge in [-0.3, -0.25) is 4.79 Å². The number of hydrogen-bond donors (Lipinski definition) is 2. The van der Waals surface area contributed by atoms with Gasteiger partial charge in [-0.1, -0.05) is 29.3 Å². The van der Waals surface area contributed by atoms with E-state index in [1.165, 1.54) is 12.3 Å². The van der Waals surface area contributed by atoms with E-state index in [0.29, 0.717) is 0 Å². The first kappa shape index (κ1) is 13.6. The highest BCUT2D eigenvalue weighted by Crippen LogP contribution is 2.31. The number of pyridine rings is 1. The van der Waals surface area contributed by atoms with Crippen LogP contribution in [0.3, 0.4) is 0 Å². The van der Waals surface area contributed by atoms with Crippen molar-refractivity contribution in [3.8, 4) is 5.75 Å². The zero-order valence-electron chi connectivity index (χ0n) is 9.95. The number of phenols is 1. The summed E-state index contributed by atoms with van der Waals surface area (Å²) >= 11 is 11.8. The van der Waals surface area contributed by atoms with Crippen molar-refractivity contribution < 1.29 is 9.90 Å². The zero-order valence-corrected chi connectivity index (χ0v) is 11.5. The molecule has 6 heteroatoms. The molecule has 2 aromatic rings. The summed E-state index contributed by atoms with van der Waals surface area (Å²) in [4.78, 5) is 16.0. The summed E-state index contributed by atoms with van der Waals surface area (Å²) in [5.41, 5.74) is 1.06. The molecule has 0 aliphatic carbocycles. The Bertz CT molecular complexity index is 624.